The molecule has 0 unspecified atom stereocenters. The Labute approximate surface area is 192 Å². The molecule has 1 aliphatic heterocycles. The van der Waals surface area contributed by atoms with E-state index in [1.807, 2.05) is 51.1 Å². The average molecular weight is 461 g/mol. The number of benzene rings is 2. The molecule has 0 radical (unpaired) electrons. The number of nitrogens with one attached hydrogen (secondary N) is 1. The van der Waals surface area contributed by atoms with Crippen LogP contribution in [0.3, 0.4) is 0 Å². The van der Waals surface area contributed by atoms with Gasteiger partial charge in [0, 0.05) is 23.1 Å². The molecule has 3 aromatic rings. The van der Waals surface area contributed by atoms with Gasteiger partial charge in [0.2, 0.25) is 5.95 Å². The second kappa shape index (κ2) is 8.60. The predicted molar refractivity (Wildman–Crippen MR) is 125 cm³/mol. The summed E-state index contributed by atoms with van der Waals surface area (Å²) in [6, 6.07) is 13.5. The fourth-order valence-electron chi connectivity index (χ4n) is 3.83. The lowest BCUT2D eigenvalue weighted by Gasteiger charge is -2.22. The Balaban J connectivity index is 1.59. The molecule has 1 saturated heterocycles. The molecule has 0 spiro atoms. The lowest BCUT2D eigenvalue weighted by atomic mass is 10.2. The lowest BCUT2D eigenvalue weighted by Crippen LogP contribution is -2.40. The molecule has 164 valence electrons. The Hall–Kier alpha value is -2.44. The molecule has 0 bridgehead atoms. The molecule has 8 heteroatoms. The topological polar surface area (TPSA) is 59.4 Å². The smallest absolute Gasteiger partial charge is 0.407 e. The van der Waals surface area contributed by atoms with E-state index in [-0.39, 0.29) is 6.04 Å². The number of hydrogen-bond acceptors (Lipinski definition) is 4. The van der Waals surface area contributed by atoms with Gasteiger partial charge in [-0.25, -0.2) is 9.78 Å². The van der Waals surface area contributed by atoms with E-state index in [0.29, 0.717) is 23.1 Å². The van der Waals surface area contributed by atoms with Gasteiger partial charge in [0.1, 0.15) is 5.60 Å². The number of hydrogen-bond donors (Lipinski definition) is 1. The zero-order chi connectivity index (χ0) is 22.2. The fraction of sp³-hybridized carbons (Fsp3) is 0.391. The van der Waals surface area contributed by atoms with Crippen LogP contribution in [0.15, 0.2) is 42.5 Å². The normalized spacial score (nSPS) is 16.7. The largest absolute Gasteiger partial charge is 0.444 e. The Bertz CT molecular complexity index is 1110. The van der Waals surface area contributed by atoms with Gasteiger partial charge < -0.3 is 19.5 Å². The number of anilines is 1. The predicted octanol–water partition coefficient (Wildman–Crippen LogP) is 5.49. The van der Waals surface area contributed by atoms with E-state index < -0.39 is 11.7 Å². The van der Waals surface area contributed by atoms with Crippen molar-refractivity contribution in [2.24, 2.45) is 0 Å². The van der Waals surface area contributed by atoms with Gasteiger partial charge in [0.25, 0.3) is 0 Å². The summed E-state index contributed by atoms with van der Waals surface area (Å²) >= 11 is 12.7. The van der Waals surface area contributed by atoms with Crippen LogP contribution in [0, 0.1) is 0 Å². The SMILES string of the molecule is CC(C)(C)OC(=O)N[C@H]1CCN(c2nc3ccccc3n2Cc2cc(Cl)ccc2Cl)C1. The van der Waals surface area contributed by atoms with Crippen molar-refractivity contribution in [3.63, 3.8) is 0 Å². The number of rotatable bonds is 4. The zero-order valence-electron chi connectivity index (χ0n) is 17.9. The Morgan fingerprint density at radius 2 is 2.00 bits per heavy atom. The van der Waals surface area contributed by atoms with Gasteiger partial charge >= 0.3 is 6.09 Å². The summed E-state index contributed by atoms with van der Waals surface area (Å²) in [5, 5.41) is 4.29. The minimum absolute atomic E-state index is 0.00197. The number of para-hydroxylation sites is 2. The van der Waals surface area contributed by atoms with Crippen LogP contribution in [0.4, 0.5) is 10.7 Å². The third-order valence-corrected chi connectivity index (χ3v) is 5.77. The number of halogens is 2. The number of carbonyl (C=O) groups is 1. The van der Waals surface area contributed by atoms with Crippen LogP contribution < -0.4 is 10.2 Å². The first-order chi connectivity index (χ1) is 14.7. The van der Waals surface area contributed by atoms with E-state index in [9.17, 15) is 4.79 Å². The van der Waals surface area contributed by atoms with Gasteiger partial charge in [0.15, 0.2) is 0 Å². The number of imidazole rings is 1. The van der Waals surface area contributed by atoms with E-state index in [1.165, 1.54) is 0 Å². The molecule has 1 N–H and O–H groups in total. The number of amides is 1. The van der Waals surface area contributed by atoms with Gasteiger partial charge in [-0.2, -0.15) is 0 Å². The molecule has 4 rings (SSSR count). The Morgan fingerprint density at radius 1 is 1.23 bits per heavy atom. The standard InChI is InChI=1S/C23H26Cl2N4O2/c1-23(2,3)31-22(30)26-17-10-11-28(14-17)21-27-19-6-4-5-7-20(19)29(21)13-15-12-16(24)8-9-18(15)25/h4-9,12,17H,10-11,13-14H2,1-3H3,(H,26,30)/t17-/m0/s1. The third-order valence-electron chi connectivity index (χ3n) is 5.16. The highest BCUT2D eigenvalue weighted by molar-refractivity contribution is 6.33. The summed E-state index contributed by atoms with van der Waals surface area (Å²) in [6.45, 7) is 7.57. The molecule has 6 nitrogen and oxygen atoms in total. The summed E-state index contributed by atoms with van der Waals surface area (Å²) in [6.07, 6.45) is 0.430. The van der Waals surface area contributed by atoms with Gasteiger partial charge in [-0.3, -0.25) is 0 Å². The van der Waals surface area contributed by atoms with Crippen molar-refractivity contribution in [1.82, 2.24) is 14.9 Å². The molecule has 1 amide bonds. The van der Waals surface area contributed by atoms with Crippen LogP contribution in [0.1, 0.15) is 32.8 Å². The van der Waals surface area contributed by atoms with Crippen LogP contribution >= 0.6 is 23.2 Å². The average Bonchev–Trinajstić information content (AvgIpc) is 3.28. The summed E-state index contributed by atoms with van der Waals surface area (Å²) in [4.78, 5) is 19.3. The van der Waals surface area contributed by atoms with Gasteiger partial charge in [-0.1, -0.05) is 35.3 Å². The highest BCUT2D eigenvalue weighted by Crippen LogP contribution is 2.29. The molecule has 1 atom stereocenters. The third kappa shape index (κ3) is 5.08. The zero-order valence-corrected chi connectivity index (χ0v) is 19.4. The summed E-state index contributed by atoms with van der Waals surface area (Å²) in [5.74, 6) is 0.853. The summed E-state index contributed by atoms with van der Waals surface area (Å²) in [7, 11) is 0. The van der Waals surface area contributed by atoms with Gasteiger partial charge in [-0.15, -0.1) is 0 Å². The number of fused-ring (bicyclic) bond motifs is 1. The molecule has 31 heavy (non-hydrogen) atoms. The van der Waals surface area contributed by atoms with Crippen LogP contribution in [-0.2, 0) is 11.3 Å². The lowest BCUT2D eigenvalue weighted by molar-refractivity contribution is 0.0509. The summed E-state index contributed by atoms with van der Waals surface area (Å²) < 4.78 is 7.55. The van der Waals surface area contributed by atoms with E-state index >= 15 is 0 Å². The van der Waals surface area contributed by atoms with Crippen molar-refractivity contribution in [3.8, 4) is 0 Å². The van der Waals surface area contributed by atoms with Crippen LogP contribution in [0.2, 0.25) is 10.0 Å². The minimum Gasteiger partial charge on any atom is -0.444 e. The molecule has 2 aromatic carbocycles. The van der Waals surface area contributed by atoms with Gasteiger partial charge in [0.05, 0.1) is 23.6 Å². The van der Waals surface area contributed by atoms with Gasteiger partial charge in [-0.05, 0) is 63.1 Å². The van der Waals surface area contributed by atoms with E-state index in [1.54, 1.807) is 6.07 Å². The monoisotopic (exact) mass is 460 g/mol. The molecule has 1 aromatic heterocycles. The molecular weight excluding hydrogens is 435 g/mol. The Kier molecular flexibility index (Phi) is 6.04. The maximum atomic E-state index is 12.2. The van der Waals surface area contributed by atoms with Crippen molar-refractivity contribution in [3.05, 3.63) is 58.1 Å². The first kappa shape index (κ1) is 21.8. The van der Waals surface area contributed by atoms with Crippen molar-refractivity contribution in [2.75, 3.05) is 18.0 Å². The number of nitrogens with zero attached hydrogens (tertiary/aromatic N) is 3. The first-order valence-electron chi connectivity index (χ1n) is 10.3. The van der Waals surface area contributed by atoms with Crippen LogP contribution in [0.5, 0.6) is 0 Å². The fourth-order valence-corrected chi connectivity index (χ4v) is 4.20. The van der Waals surface area contributed by atoms with Crippen LogP contribution in [-0.4, -0.2) is 40.4 Å². The first-order valence-corrected chi connectivity index (χ1v) is 11.1. The van der Waals surface area contributed by atoms with Crippen molar-refractivity contribution in [2.45, 2.75) is 45.4 Å². The quantitative estimate of drug-likeness (QED) is 0.558. The second-order valence-corrected chi connectivity index (χ2v) is 9.64. The van der Waals surface area contributed by atoms with Crippen LogP contribution in [0.25, 0.3) is 11.0 Å². The number of carbonyl (C=O) groups excluding carboxylic acids is 1. The Morgan fingerprint density at radius 3 is 2.77 bits per heavy atom. The van der Waals surface area contributed by atoms with E-state index in [4.69, 9.17) is 32.9 Å². The van der Waals surface area contributed by atoms with Crippen molar-refractivity contribution in [1.29, 1.82) is 0 Å². The number of ether oxygens (including phenoxy) is 1. The molecular formula is C23H26Cl2N4O2. The molecule has 0 saturated carbocycles. The molecule has 2 heterocycles. The van der Waals surface area contributed by atoms with E-state index in [2.05, 4.69) is 20.9 Å². The molecule has 1 aliphatic rings. The number of alkyl carbamates (subject to hydrolysis) is 1. The maximum Gasteiger partial charge on any atom is 0.407 e. The van der Waals surface area contributed by atoms with Crippen molar-refractivity contribution >= 4 is 46.3 Å². The molecule has 1 fully saturated rings. The van der Waals surface area contributed by atoms with Crippen molar-refractivity contribution < 1.29 is 9.53 Å². The minimum atomic E-state index is -0.521. The molecule has 0 aliphatic carbocycles. The highest BCUT2D eigenvalue weighted by atomic mass is 35.5. The summed E-state index contributed by atoms with van der Waals surface area (Å²) in [5.41, 5.74) is 2.35. The second-order valence-electron chi connectivity index (χ2n) is 8.80. The maximum absolute atomic E-state index is 12.2. The number of aromatic nitrogens is 2. The van der Waals surface area contributed by atoms with E-state index in [0.717, 1.165) is 35.5 Å². The highest BCUT2D eigenvalue weighted by Gasteiger charge is 2.29.